The van der Waals surface area contributed by atoms with E-state index in [-0.39, 0.29) is 5.02 Å². The number of hydrogen-bond acceptors (Lipinski definition) is 3. The number of anilines is 1. The Hall–Kier alpha value is -2.98. The van der Waals surface area contributed by atoms with Gasteiger partial charge in [-0.25, -0.2) is 14.4 Å². The molecule has 5 heteroatoms. The standard InChI is InChI=1S/C20H13ClFN3/c21-19-15(6-3-7-17(19)22)14-5-2-1-4-13(14)12-8-9-18-16(10-12)20(23)25-11-24-18/h1-11H,(H2,23,24,25). The molecule has 0 bridgehead atoms. The molecule has 0 saturated carbocycles. The van der Waals surface area contributed by atoms with Crippen LogP contribution in [-0.2, 0) is 0 Å². The molecule has 0 aliphatic rings. The summed E-state index contributed by atoms with van der Waals surface area (Å²) in [5.41, 5.74) is 10.1. The number of hydrogen-bond donors (Lipinski definition) is 1. The largest absolute Gasteiger partial charge is 0.383 e. The molecule has 0 spiro atoms. The fourth-order valence-corrected chi connectivity index (χ4v) is 3.15. The van der Waals surface area contributed by atoms with Gasteiger partial charge in [0.2, 0.25) is 0 Å². The molecule has 4 rings (SSSR count). The van der Waals surface area contributed by atoms with Crippen molar-refractivity contribution in [1.82, 2.24) is 9.97 Å². The van der Waals surface area contributed by atoms with Gasteiger partial charge in [-0.3, -0.25) is 0 Å². The Balaban J connectivity index is 1.96. The first-order valence-electron chi connectivity index (χ1n) is 7.69. The summed E-state index contributed by atoms with van der Waals surface area (Å²) in [6.07, 6.45) is 1.44. The van der Waals surface area contributed by atoms with E-state index in [1.54, 1.807) is 6.07 Å². The highest BCUT2D eigenvalue weighted by Gasteiger charge is 2.13. The highest BCUT2D eigenvalue weighted by atomic mass is 35.5. The van der Waals surface area contributed by atoms with Crippen LogP contribution in [-0.4, -0.2) is 9.97 Å². The summed E-state index contributed by atoms with van der Waals surface area (Å²) in [7, 11) is 0. The van der Waals surface area contributed by atoms with Crippen LogP contribution < -0.4 is 5.73 Å². The first-order valence-corrected chi connectivity index (χ1v) is 8.07. The van der Waals surface area contributed by atoms with Crippen LogP contribution >= 0.6 is 11.6 Å². The molecular formula is C20H13ClFN3. The minimum absolute atomic E-state index is 0.110. The van der Waals surface area contributed by atoms with E-state index >= 15 is 0 Å². The molecule has 1 heterocycles. The second kappa shape index (κ2) is 6.15. The highest BCUT2D eigenvalue weighted by Crippen LogP contribution is 2.37. The molecule has 122 valence electrons. The van der Waals surface area contributed by atoms with Crippen molar-refractivity contribution < 1.29 is 4.39 Å². The van der Waals surface area contributed by atoms with Crippen LogP contribution in [0.5, 0.6) is 0 Å². The molecule has 4 aromatic rings. The summed E-state index contributed by atoms with van der Waals surface area (Å²) in [4.78, 5) is 8.27. The maximum atomic E-state index is 13.9. The first kappa shape index (κ1) is 15.5. The third kappa shape index (κ3) is 2.71. The number of rotatable bonds is 2. The summed E-state index contributed by atoms with van der Waals surface area (Å²) < 4.78 is 13.9. The van der Waals surface area contributed by atoms with Gasteiger partial charge in [0.15, 0.2) is 0 Å². The van der Waals surface area contributed by atoms with E-state index in [1.165, 1.54) is 12.4 Å². The number of benzene rings is 3. The molecule has 0 amide bonds. The van der Waals surface area contributed by atoms with Gasteiger partial charge in [0.25, 0.3) is 0 Å². The van der Waals surface area contributed by atoms with Crippen LogP contribution in [0.4, 0.5) is 10.2 Å². The average molecular weight is 350 g/mol. The van der Waals surface area contributed by atoms with E-state index in [0.717, 1.165) is 27.6 Å². The van der Waals surface area contributed by atoms with Gasteiger partial charge in [-0.05, 0) is 34.9 Å². The average Bonchev–Trinajstić information content (AvgIpc) is 2.64. The van der Waals surface area contributed by atoms with E-state index in [1.807, 2.05) is 48.5 Å². The zero-order chi connectivity index (χ0) is 17.4. The molecule has 0 atom stereocenters. The van der Waals surface area contributed by atoms with Crippen molar-refractivity contribution in [3.63, 3.8) is 0 Å². The summed E-state index contributed by atoms with van der Waals surface area (Å²) in [5, 5.41) is 0.888. The Labute approximate surface area is 148 Å². The number of fused-ring (bicyclic) bond motifs is 1. The summed E-state index contributed by atoms with van der Waals surface area (Å²) in [6, 6.07) is 18.3. The van der Waals surface area contributed by atoms with Crippen LogP contribution in [0.25, 0.3) is 33.2 Å². The van der Waals surface area contributed by atoms with Gasteiger partial charge in [0.1, 0.15) is 18.0 Å². The van der Waals surface area contributed by atoms with Crippen molar-refractivity contribution >= 4 is 28.3 Å². The molecule has 25 heavy (non-hydrogen) atoms. The second-order valence-electron chi connectivity index (χ2n) is 5.64. The monoisotopic (exact) mass is 349 g/mol. The fraction of sp³-hybridized carbons (Fsp3) is 0. The SMILES string of the molecule is Nc1ncnc2ccc(-c3ccccc3-c3cccc(F)c3Cl)cc12. The lowest BCUT2D eigenvalue weighted by molar-refractivity contribution is 0.629. The predicted octanol–water partition coefficient (Wildman–Crippen LogP) is 5.34. The van der Waals surface area contributed by atoms with Gasteiger partial charge >= 0.3 is 0 Å². The van der Waals surface area contributed by atoms with Crippen molar-refractivity contribution in [3.05, 3.63) is 77.8 Å². The first-order chi connectivity index (χ1) is 12.1. The van der Waals surface area contributed by atoms with Crippen LogP contribution in [0.1, 0.15) is 0 Å². The van der Waals surface area contributed by atoms with E-state index in [9.17, 15) is 4.39 Å². The molecule has 0 fully saturated rings. The highest BCUT2D eigenvalue weighted by molar-refractivity contribution is 6.33. The fourth-order valence-electron chi connectivity index (χ4n) is 2.93. The quantitative estimate of drug-likeness (QED) is 0.531. The molecule has 0 aliphatic heterocycles. The van der Waals surface area contributed by atoms with Crippen molar-refractivity contribution in [2.45, 2.75) is 0 Å². The molecule has 3 aromatic carbocycles. The lowest BCUT2D eigenvalue weighted by Gasteiger charge is -2.12. The van der Waals surface area contributed by atoms with Gasteiger partial charge < -0.3 is 5.73 Å². The van der Waals surface area contributed by atoms with Crippen molar-refractivity contribution in [3.8, 4) is 22.3 Å². The lowest BCUT2D eigenvalue weighted by atomic mass is 9.94. The zero-order valence-electron chi connectivity index (χ0n) is 13.1. The number of nitrogens with zero attached hydrogens (tertiary/aromatic N) is 2. The molecule has 0 radical (unpaired) electrons. The molecule has 0 aliphatic carbocycles. The topological polar surface area (TPSA) is 51.8 Å². The molecule has 1 aromatic heterocycles. The van der Waals surface area contributed by atoms with E-state index in [0.29, 0.717) is 11.4 Å². The Morgan fingerprint density at radius 1 is 0.840 bits per heavy atom. The molecule has 0 saturated heterocycles. The molecular weight excluding hydrogens is 337 g/mol. The third-order valence-corrected chi connectivity index (χ3v) is 4.53. The Kier molecular flexibility index (Phi) is 3.82. The molecule has 2 N–H and O–H groups in total. The van der Waals surface area contributed by atoms with Gasteiger partial charge in [-0.1, -0.05) is 54.1 Å². The Bertz CT molecular complexity index is 1100. The second-order valence-corrected chi connectivity index (χ2v) is 6.02. The van der Waals surface area contributed by atoms with E-state index in [4.69, 9.17) is 17.3 Å². The van der Waals surface area contributed by atoms with Crippen LogP contribution in [0.15, 0.2) is 67.0 Å². The maximum Gasteiger partial charge on any atom is 0.142 e. The summed E-state index contributed by atoms with van der Waals surface area (Å²) in [6.45, 7) is 0. The Morgan fingerprint density at radius 2 is 1.60 bits per heavy atom. The zero-order valence-corrected chi connectivity index (χ0v) is 13.8. The van der Waals surface area contributed by atoms with Gasteiger partial charge in [0, 0.05) is 10.9 Å². The molecule has 0 unspecified atom stereocenters. The minimum Gasteiger partial charge on any atom is -0.383 e. The van der Waals surface area contributed by atoms with Crippen LogP contribution in [0.3, 0.4) is 0 Å². The Morgan fingerprint density at radius 3 is 2.44 bits per heavy atom. The van der Waals surface area contributed by atoms with Gasteiger partial charge in [-0.15, -0.1) is 0 Å². The van der Waals surface area contributed by atoms with Crippen molar-refractivity contribution in [2.75, 3.05) is 5.73 Å². The third-order valence-electron chi connectivity index (χ3n) is 4.15. The number of halogens is 2. The lowest BCUT2D eigenvalue weighted by Crippen LogP contribution is -1.94. The summed E-state index contributed by atoms with van der Waals surface area (Å²) in [5.74, 6) is -0.0155. The van der Waals surface area contributed by atoms with Crippen molar-refractivity contribution in [2.24, 2.45) is 0 Å². The van der Waals surface area contributed by atoms with E-state index in [2.05, 4.69) is 9.97 Å². The number of aromatic nitrogens is 2. The van der Waals surface area contributed by atoms with E-state index < -0.39 is 5.82 Å². The number of nitrogen functional groups attached to an aromatic ring is 1. The van der Waals surface area contributed by atoms with Crippen LogP contribution in [0.2, 0.25) is 5.02 Å². The molecule has 3 nitrogen and oxygen atoms in total. The van der Waals surface area contributed by atoms with Crippen LogP contribution in [0, 0.1) is 5.82 Å². The normalized spacial score (nSPS) is 11.0. The smallest absolute Gasteiger partial charge is 0.142 e. The maximum absolute atomic E-state index is 13.9. The number of nitrogens with two attached hydrogens (primary N) is 1. The minimum atomic E-state index is -0.440. The van der Waals surface area contributed by atoms with Gasteiger partial charge in [-0.2, -0.15) is 0 Å². The van der Waals surface area contributed by atoms with Gasteiger partial charge in [0.05, 0.1) is 10.5 Å². The van der Waals surface area contributed by atoms with Crippen molar-refractivity contribution in [1.29, 1.82) is 0 Å². The summed E-state index contributed by atoms with van der Waals surface area (Å²) >= 11 is 6.19. The predicted molar refractivity (Wildman–Crippen MR) is 99.8 cm³/mol.